The number of ether oxygens (including phenoxy) is 1. The monoisotopic (exact) mass is 250 g/mol. The van der Waals surface area contributed by atoms with Gasteiger partial charge in [0, 0.05) is 13.3 Å². The molecule has 1 rings (SSSR count). The van der Waals surface area contributed by atoms with Crippen LogP contribution in [-0.2, 0) is 14.8 Å². The van der Waals surface area contributed by atoms with E-state index in [1.807, 2.05) is 0 Å². The zero-order valence-corrected chi connectivity index (χ0v) is 9.68. The molecular formula is C8H11ClN2O3S. The van der Waals surface area contributed by atoms with Crippen LogP contribution in [0.4, 0.5) is 5.82 Å². The van der Waals surface area contributed by atoms with Gasteiger partial charge in [-0.25, -0.2) is 13.4 Å². The molecule has 0 spiro atoms. The number of hydrogen-bond donors (Lipinski definition) is 1. The largest absolute Gasteiger partial charge is 0.384 e. The first-order chi connectivity index (χ1) is 7.05. The maximum atomic E-state index is 11.4. The average molecular weight is 251 g/mol. The second-order valence-corrected chi connectivity index (χ2v) is 5.00. The molecule has 0 amide bonds. The molecule has 1 heterocycles. The van der Waals surface area contributed by atoms with E-state index in [1.165, 1.54) is 13.3 Å². The second-order valence-electron chi connectivity index (χ2n) is 2.75. The van der Waals surface area contributed by atoms with Gasteiger partial charge in [-0.05, 0) is 12.1 Å². The van der Waals surface area contributed by atoms with E-state index in [1.54, 1.807) is 12.1 Å². The van der Waals surface area contributed by atoms with Crippen molar-refractivity contribution in [3.63, 3.8) is 0 Å². The zero-order valence-electron chi connectivity index (χ0n) is 8.10. The van der Waals surface area contributed by atoms with Crippen molar-refractivity contribution in [3.8, 4) is 0 Å². The van der Waals surface area contributed by atoms with Crippen LogP contribution in [0.3, 0.4) is 0 Å². The Hall–Kier alpha value is -0.850. The Morgan fingerprint density at radius 1 is 1.60 bits per heavy atom. The van der Waals surface area contributed by atoms with Crippen LogP contribution in [0.15, 0.2) is 18.3 Å². The van der Waals surface area contributed by atoms with Gasteiger partial charge < -0.3 is 4.74 Å². The van der Waals surface area contributed by atoms with Gasteiger partial charge in [0.1, 0.15) is 0 Å². The van der Waals surface area contributed by atoms with Crippen molar-refractivity contribution in [2.24, 2.45) is 0 Å². The molecule has 0 radical (unpaired) electrons. The van der Waals surface area contributed by atoms with Crippen molar-refractivity contribution >= 4 is 27.4 Å². The molecule has 1 aromatic rings. The van der Waals surface area contributed by atoms with E-state index >= 15 is 0 Å². The van der Waals surface area contributed by atoms with Crippen LogP contribution >= 0.6 is 11.6 Å². The van der Waals surface area contributed by atoms with Crippen LogP contribution in [-0.4, -0.2) is 32.9 Å². The Morgan fingerprint density at radius 2 is 2.33 bits per heavy atom. The van der Waals surface area contributed by atoms with Crippen molar-refractivity contribution in [1.29, 1.82) is 0 Å². The number of hydrogen-bond acceptors (Lipinski definition) is 4. The summed E-state index contributed by atoms with van der Waals surface area (Å²) < 4.78 is 29.8. The van der Waals surface area contributed by atoms with Crippen molar-refractivity contribution in [1.82, 2.24) is 4.98 Å². The van der Waals surface area contributed by atoms with E-state index in [9.17, 15) is 8.42 Å². The molecule has 0 aliphatic rings. The number of methoxy groups -OCH3 is 1. The minimum Gasteiger partial charge on any atom is -0.384 e. The highest BCUT2D eigenvalue weighted by atomic mass is 35.5. The molecule has 0 aliphatic carbocycles. The fourth-order valence-electron chi connectivity index (χ4n) is 0.852. The van der Waals surface area contributed by atoms with Gasteiger partial charge in [0.2, 0.25) is 10.0 Å². The topological polar surface area (TPSA) is 68.3 Å². The minimum atomic E-state index is -3.44. The van der Waals surface area contributed by atoms with E-state index in [0.29, 0.717) is 0 Å². The predicted molar refractivity (Wildman–Crippen MR) is 58.5 cm³/mol. The highest BCUT2D eigenvalue weighted by Gasteiger charge is 2.12. The fourth-order valence-corrected chi connectivity index (χ4v) is 2.02. The lowest BCUT2D eigenvalue weighted by Gasteiger charge is -2.07. The lowest BCUT2D eigenvalue weighted by atomic mass is 10.5. The standard InChI is InChI=1S/C8H11ClN2O3S/c1-14-5-6-15(12,13)11-8-7(9)3-2-4-10-8/h2-4H,5-6H2,1H3,(H,10,11). The number of sulfonamides is 1. The fraction of sp³-hybridized carbons (Fsp3) is 0.375. The van der Waals surface area contributed by atoms with Crippen molar-refractivity contribution in [3.05, 3.63) is 23.4 Å². The van der Waals surface area contributed by atoms with Gasteiger partial charge in [-0.1, -0.05) is 11.6 Å². The Kier molecular flexibility index (Phi) is 4.31. The number of pyridine rings is 1. The van der Waals surface area contributed by atoms with Gasteiger partial charge in [0.25, 0.3) is 0 Å². The molecule has 0 fully saturated rings. The molecule has 0 saturated heterocycles. The summed E-state index contributed by atoms with van der Waals surface area (Å²) in [5.41, 5.74) is 0. The predicted octanol–water partition coefficient (Wildman–Crippen LogP) is 1.12. The van der Waals surface area contributed by atoms with Crippen LogP contribution in [0.2, 0.25) is 5.02 Å². The number of halogens is 1. The molecule has 0 aromatic carbocycles. The third kappa shape index (κ3) is 4.03. The molecule has 1 aromatic heterocycles. The summed E-state index contributed by atoms with van der Waals surface area (Å²) in [6.07, 6.45) is 1.46. The first-order valence-corrected chi connectivity index (χ1v) is 6.18. The summed E-state index contributed by atoms with van der Waals surface area (Å²) in [7, 11) is -2.01. The maximum absolute atomic E-state index is 11.4. The molecule has 0 saturated carbocycles. The zero-order chi connectivity index (χ0) is 11.3. The number of anilines is 1. The van der Waals surface area contributed by atoms with Gasteiger partial charge in [0.15, 0.2) is 5.82 Å². The van der Waals surface area contributed by atoms with Crippen LogP contribution in [0.25, 0.3) is 0 Å². The maximum Gasteiger partial charge on any atom is 0.236 e. The van der Waals surface area contributed by atoms with E-state index in [2.05, 4.69) is 14.4 Å². The Morgan fingerprint density at radius 3 is 2.93 bits per heavy atom. The minimum absolute atomic E-state index is 0.125. The normalized spacial score (nSPS) is 11.3. The molecule has 5 nitrogen and oxygen atoms in total. The number of rotatable bonds is 5. The van der Waals surface area contributed by atoms with Crippen LogP contribution in [0.1, 0.15) is 0 Å². The molecular weight excluding hydrogens is 240 g/mol. The van der Waals surface area contributed by atoms with Gasteiger partial charge in [-0.15, -0.1) is 0 Å². The number of nitrogens with one attached hydrogen (secondary N) is 1. The Balaban J connectivity index is 2.74. The first kappa shape index (κ1) is 12.2. The third-order valence-electron chi connectivity index (χ3n) is 1.57. The molecule has 0 aliphatic heterocycles. The highest BCUT2D eigenvalue weighted by Crippen LogP contribution is 2.18. The second kappa shape index (κ2) is 5.29. The van der Waals surface area contributed by atoms with E-state index in [-0.39, 0.29) is 23.2 Å². The van der Waals surface area contributed by atoms with Gasteiger partial charge in [-0.2, -0.15) is 0 Å². The van der Waals surface area contributed by atoms with Gasteiger partial charge in [-0.3, -0.25) is 4.72 Å². The first-order valence-electron chi connectivity index (χ1n) is 4.15. The Bertz CT molecular complexity index is 422. The van der Waals surface area contributed by atoms with E-state index in [0.717, 1.165) is 0 Å². The van der Waals surface area contributed by atoms with Crippen molar-refractivity contribution < 1.29 is 13.2 Å². The van der Waals surface area contributed by atoms with Gasteiger partial charge in [0.05, 0.1) is 17.4 Å². The molecule has 84 valence electrons. The van der Waals surface area contributed by atoms with Crippen molar-refractivity contribution in [2.45, 2.75) is 0 Å². The smallest absolute Gasteiger partial charge is 0.236 e. The summed E-state index contributed by atoms with van der Waals surface area (Å²) >= 11 is 5.74. The summed E-state index contributed by atoms with van der Waals surface area (Å²) in [6, 6.07) is 3.18. The summed E-state index contributed by atoms with van der Waals surface area (Å²) in [5.74, 6) is 0.00594. The lowest BCUT2D eigenvalue weighted by molar-refractivity contribution is 0.217. The lowest BCUT2D eigenvalue weighted by Crippen LogP contribution is -2.20. The van der Waals surface area contributed by atoms with Crippen LogP contribution in [0.5, 0.6) is 0 Å². The molecule has 0 bridgehead atoms. The number of nitrogens with zero attached hydrogens (tertiary/aromatic N) is 1. The molecule has 0 unspecified atom stereocenters. The number of aromatic nitrogens is 1. The molecule has 1 N–H and O–H groups in total. The summed E-state index contributed by atoms with van der Waals surface area (Å²) in [5, 5.41) is 0.262. The van der Waals surface area contributed by atoms with Crippen LogP contribution < -0.4 is 4.72 Å². The highest BCUT2D eigenvalue weighted by molar-refractivity contribution is 7.92. The molecule has 7 heteroatoms. The van der Waals surface area contributed by atoms with E-state index < -0.39 is 10.0 Å². The summed E-state index contributed by atoms with van der Waals surface area (Å²) in [4.78, 5) is 3.81. The quantitative estimate of drug-likeness (QED) is 0.851. The molecule has 0 atom stereocenters. The SMILES string of the molecule is COCCS(=O)(=O)Nc1ncccc1Cl. The average Bonchev–Trinajstić information content (AvgIpc) is 2.18. The van der Waals surface area contributed by atoms with Crippen LogP contribution in [0, 0.1) is 0 Å². The van der Waals surface area contributed by atoms with Crippen molar-refractivity contribution in [2.75, 3.05) is 24.2 Å². The van der Waals surface area contributed by atoms with E-state index in [4.69, 9.17) is 11.6 Å². The summed E-state index contributed by atoms with van der Waals surface area (Å²) in [6.45, 7) is 0.125. The molecule has 15 heavy (non-hydrogen) atoms. The Labute approximate surface area is 93.5 Å². The van der Waals surface area contributed by atoms with Gasteiger partial charge >= 0.3 is 0 Å². The third-order valence-corrected chi connectivity index (χ3v) is 3.08.